The van der Waals surface area contributed by atoms with Gasteiger partial charge in [0.05, 0.1) is 0 Å². The van der Waals surface area contributed by atoms with Gasteiger partial charge >= 0.3 is 0 Å². The fraction of sp³-hybridized carbons (Fsp3) is 0.750. The van der Waals surface area contributed by atoms with Crippen molar-refractivity contribution in [3.8, 4) is 0 Å². The van der Waals surface area contributed by atoms with Crippen LogP contribution in [-0.4, -0.2) is 42.0 Å². The van der Waals surface area contributed by atoms with Crippen LogP contribution in [0.3, 0.4) is 0 Å². The highest BCUT2D eigenvalue weighted by Crippen LogP contribution is 1.98. The summed E-state index contributed by atoms with van der Waals surface area (Å²) in [6.07, 6.45) is 0.885. The molecule has 0 aliphatic carbocycles. The van der Waals surface area contributed by atoms with Crippen molar-refractivity contribution < 1.29 is 0 Å². The first kappa shape index (κ1) is 11.2. The molecule has 5 nitrogen and oxygen atoms in total. The average Bonchev–Trinajstić information content (AvgIpc) is 2.20. The molecule has 0 aromatic heterocycles. The third-order valence-corrected chi connectivity index (χ3v) is 2.18. The molecule has 0 saturated carbocycles. The number of rotatable bonds is 2. The van der Waals surface area contributed by atoms with Crippen molar-refractivity contribution in [1.29, 1.82) is 0 Å². The fourth-order valence-corrected chi connectivity index (χ4v) is 1.46. The predicted molar refractivity (Wildman–Crippen MR) is 62.1 cm³/mol. The number of piperazine rings is 1. The summed E-state index contributed by atoms with van der Waals surface area (Å²) in [4.78, 5) is 2.24. The van der Waals surface area contributed by atoms with Crippen molar-refractivity contribution in [2.75, 3.05) is 26.2 Å². The standard InChI is InChI=1S/C8H17N5S/c1-2-7(11-12-8(9)14)13-5-3-10-4-6-13/h10H,2-6H2,1H3,(H3,9,12,14). The first-order valence-corrected chi connectivity index (χ1v) is 5.22. The molecule has 0 unspecified atom stereocenters. The molecule has 14 heavy (non-hydrogen) atoms. The molecule has 0 bridgehead atoms. The van der Waals surface area contributed by atoms with Gasteiger partial charge in [0.25, 0.3) is 0 Å². The van der Waals surface area contributed by atoms with Gasteiger partial charge in [-0.15, -0.1) is 0 Å². The number of amidine groups is 1. The van der Waals surface area contributed by atoms with E-state index in [4.69, 9.17) is 18.0 Å². The van der Waals surface area contributed by atoms with Crippen molar-refractivity contribution in [1.82, 2.24) is 15.6 Å². The third kappa shape index (κ3) is 3.47. The van der Waals surface area contributed by atoms with Crippen molar-refractivity contribution >= 4 is 23.2 Å². The summed E-state index contributed by atoms with van der Waals surface area (Å²) in [5.41, 5.74) is 7.94. The van der Waals surface area contributed by atoms with E-state index in [1.165, 1.54) is 0 Å². The zero-order chi connectivity index (χ0) is 10.4. The molecule has 1 fully saturated rings. The summed E-state index contributed by atoms with van der Waals surface area (Å²) in [6.45, 7) is 6.07. The molecule has 0 aromatic rings. The number of nitrogens with one attached hydrogen (secondary N) is 2. The van der Waals surface area contributed by atoms with Gasteiger partial charge in [0, 0.05) is 32.6 Å². The number of hydrazone groups is 1. The zero-order valence-electron chi connectivity index (χ0n) is 8.42. The lowest BCUT2D eigenvalue weighted by atomic mass is 10.3. The van der Waals surface area contributed by atoms with Gasteiger partial charge in [0.2, 0.25) is 0 Å². The van der Waals surface area contributed by atoms with Crippen LogP contribution < -0.4 is 16.5 Å². The van der Waals surface area contributed by atoms with E-state index in [9.17, 15) is 0 Å². The maximum atomic E-state index is 5.31. The average molecular weight is 215 g/mol. The highest BCUT2D eigenvalue weighted by Gasteiger charge is 2.12. The Bertz CT molecular complexity index is 222. The smallest absolute Gasteiger partial charge is 0.184 e. The summed E-state index contributed by atoms with van der Waals surface area (Å²) in [7, 11) is 0. The molecule has 0 atom stereocenters. The maximum absolute atomic E-state index is 5.31. The molecule has 1 aliphatic rings. The first-order valence-electron chi connectivity index (χ1n) is 4.81. The van der Waals surface area contributed by atoms with Crippen LogP contribution >= 0.6 is 12.2 Å². The summed E-state index contributed by atoms with van der Waals surface area (Å²) >= 11 is 4.69. The van der Waals surface area contributed by atoms with Gasteiger partial charge < -0.3 is 16.0 Å². The monoisotopic (exact) mass is 215 g/mol. The Morgan fingerprint density at radius 2 is 2.21 bits per heavy atom. The van der Waals surface area contributed by atoms with E-state index in [-0.39, 0.29) is 5.11 Å². The zero-order valence-corrected chi connectivity index (χ0v) is 9.23. The molecule has 0 amide bonds. The SMILES string of the molecule is CCC(=NNC(N)=S)N1CCNCC1. The van der Waals surface area contributed by atoms with Crippen molar-refractivity contribution in [3.05, 3.63) is 0 Å². The van der Waals surface area contributed by atoms with Gasteiger partial charge in [-0.3, -0.25) is 5.43 Å². The maximum Gasteiger partial charge on any atom is 0.184 e. The second kappa shape index (κ2) is 5.77. The van der Waals surface area contributed by atoms with E-state index in [0.717, 1.165) is 38.4 Å². The second-order valence-corrected chi connectivity index (χ2v) is 3.53. The van der Waals surface area contributed by atoms with Gasteiger partial charge in [-0.05, 0) is 12.2 Å². The Hall–Kier alpha value is -0.880. The van der Waals surface area contributed by atoms with Crippen LogP contribution in [0.25, 0.3) is 0 Å². The molecule has 1 saturated heterocycles. The highest BCUT2D eigenvalue weighted by atomic mass is 32.1. The number of hydrogen-bond acceptors (Lipinski definition) is 3. The molecule has 0 aromatic carbocycles. The first-order chi connectivity index (χ1) is 6.74. The van der Waals surface area contributed by atoms with E-state index in [1.807, 2.05) is 0 Å². The number of nitrogens with two attached hydrogens (primary N) is 1. The Kier molecular flexibility index (Phi) is 4.61. The summed E-state index contributed by atoms with van der Waals surface area (Å²) in [6, 6.07) is 0. The van der Waals surface area contributed by atoms with Crippen LogP contribution in [0, 0.1) is 0 Å². The number of thiocarbonyl (C=S) groups is 1. The predicted octanol–water partition coefficient (Wildman–Crippen LogP) is -0.552. The van der Waals surface area contributed by atoms with E-state index < -0.39 is 0 Å². The van der Waals surface area contributed by atoms with Crippen molar-refractivity contribution in [2.24, 2.45) is 10.8 Å². The van der Waals surface area contributed by atoms with Crippen LogP contribution in [0.15, 0.2) is 5.10 Å². The van der Waals surface area contributed by atoms with Crippen molar-refractivity contribution in [2.45, 2.75) is 13.3 Å². The minimum atomic E-state index is 0.214. The molecule has 80 valence electrons. The van der Waals surface area contributed by atoms with Gasteiger partial charge in [-0.2, -0.15) is 5.10 Å². The summed E-state index contributed by atoms with van der Waals surface area (Å²) in [5.74, 6) is 1.01. The van der Waals surface area contributed by atoms with E-state index in [1.54, 1.807) is 0 Å². The topological polar surface area (TPSA) is 65.7 Å². The molecule has 4 N–H and O–H groups in total. The molecule has 6 heteroatoms. The largest absolute Gasteiger partial charge is 0.375 e. The molecule has 1 rings (SSSR count). The second-order valence-electron chi connectivity index (χ2n) is 3.09. The Morgan fingerprint density at radius 3 is 2.71 bits per heavy atom. The molecule has 0 spiro atoms. The number of hydrogen-bond donors (Lipinski definition) is 3. The third-order valence-electron chi connectivity index (χ3n) is 2.09. The van der Waals surface area contributed by atoms with E-state index in [0.29, 0.717) is 0 Å². The van der Waals surface area contributed by atoms with Gasteiger partial charge in [0.15, 0.2) is 5.11 Å². The molecular formula is C8H17N5S. The Balaban J connectivity index is 2.50. The van der Waals surface area contributed by atoms with Crippen LogP contribution in [0.4, 0.5) is 0 Å². The minimum Gasteiger partial charge on any atom is -0.375 e. The molecule has 1 heterocycles. The van der Waals surface area contributed by atoms with Gasteiger partial charge in [0.1, 0.15) is 5.84 Å². The molecular weight excluding hydrogens is 198 g/mol. The van der Waals surface area contributed by atoms with Crippen molar-refractivity contribution in [3.63, 3.8) is 0 Å². The highest BCUT2D eigenvalue weighted by molar-refractivity contribution is 7.80. The Morgan fingerprint density at radius 1 is 1.57 bits per heavy atom. The van der Waals surface area contributed by atoms with E-state index >= 15 is 0 Å². The Labute approximate surface area is 89.7 Å². The molecule has 0 radical (unpaired) electrons. The fourth-order valence-electron chi connectivity index (χ4n) is 1.42. The normalized spacial score (nSPS) is 18.1. The molecule has 1 aliphatic heterocycles. The van der Waals surface area contributed by atoms with Gasteiger partial charge in [-0.1, -0.05) is 6.92 Å². The summed E-state index contributed by atoms with van der Waals surface area (Å²) < 4.78 is 0. The van der Waals surface area contributed by atoms with Gasteiger partial charge in [-0.25, -0.2) is 0 Å². The van der Waals surface area contributed by atoms with Crippen LogP contribution in [0.5, 0.6) is 0 Å². The quantitative estimate of drug-likeness (QED) is 0.250. The van der Waals surface area contributed by atoms with Crippen LogP contribution in [0.1, 0.15) is 13.3 Å². The van der Waals surface area contributed by atoms with Crippen LogP contribution in [0.2, 0.25) is 0 Å². The minimum absolute atomic E-state index is 0.214. The number of nitrogens with zero attached hydrogens (tertiary/aromatic N) is 2. The van der Waals surface area contributed by atoms with Crippen LogP contribution in [-0.2, 0) is 0 Å². The lowest BCUT2D eigenvalue weighted by Crippen LogP contribution is -2.47. The van der Waals surface area contributed by atoms with E-state index in [2.05, 4.69) is 27.7 Å². The summed E-state index contributed by atoms with van der Waals surface area (Å²) in [5, 5.41) is 7.67. The lowest BCUT2D eigenvalue weighted by Gasteiger charge is -2.29. The lowest BCUT2D eigenvalue weighted by molar-refractivity contribution is 0.350.